The first-order valence-corrected chi connectivity index (χ1v) is 5.32. The first-order valence-electron chi connectivity index (χ1n) is 5.32. The van der Waals surface area contributed by atoms with Gasteiger partial charge in [-0.1, -0.05) is 6.08 Å². The molecule has 0 saturated carbocycles. The van der Waals surface area contributed by atoms with E-state index in [-0.39, 0.29) is 17.9 Å². The first kappa shape index (κ1) is 10.2. The van der Waals surface area contributed by atoms with Crippen LogP contribution in [0.15, 0.2) is 11.6 Å². The van der Waals surface area contributed by atoms with Crippen LogP contribution in [0.1, 0.15) is 25.7 Å². The molecule has 4 nitrogen and oxygen atoms in total. The molecule has 1 unspecified atom stereocenters. The number of likely N-dealkylation sites (tertiary alicyclic amines) is 1. The Morgan fingerprint density at radius 2 is 2.40 bits per heavy atom. The van der Waals surface area contributed by atoms with Crippen LogP contribution >= 0.6 is 0 Å². The van der Waals surface area contributed by atoms with Crippen molar-refractivity contribution >= 4 is 11.9 Å². The zero-order valence-electron chi connectivity index (χ0n) is 8.86. The van der Waals surface area contributed by atoms with Gasteiger partial charge in [0.25, 0.3) is 0 Å². The van der Waals surface area contributed by atoms with E-state index in [9.17, 15) is 9.59 Å². The Balaban J connectivity index is 2.22. The van der Waals surface area contributed by atoms with Crippen molar-refractivity contribution in [2.45, 2.75) is 31.7 Å². The van der Waals surface area contributed by atoms with Crippen LogP contribution in [0.4, 0.5) is 4.79 Å². The molecule has 4 heteroatoms. The monoisotopic (exact) mass is 209 g/mol. The van der Waals surface area contributed by atoms with E-state index in [0.29, 0.717) is 13.0 Å². The summed E-state index contributed by atoms with van der Waals surface area (Å²) < 4.78 is 4.72. The highest BCUT2D eigenvalue weighted by Gasteiger charge is 2.36. The predicted molar refractivity (Wildman–Crippen MR) is 54.5 cm³/mol. The Bertz CT molecular complexity index is 322. The fraction of sp³-hybridized carbons (Fsp3) is 0.636. The summed E-state index contributed by atoms with van der Waals surface area (Å²) in [6, 6.07) is -0.0348. The SMILES string of the molecule is COC(=O)N1CCC(=O)C2=CCCCC21. The first-order chi connectivity index (χ1) is 7.24. The van der Waals surface area contributed by atoms with Gasteiger partial charge >= 0.3 is 6.09 Å². The largest absolute Gasteiger partial charge is 0.453 e. The van der Waals surface area contributed by atoms with E-state index >= 15 is 0 Å². The topological polar surface area (TPSA) is 46.6 Å². The molecule has 2 rings (SSSR count). The van der Waals surface area contributed by atoms with Gasteiger partial charge < -0.3 is 9.64 Å². The third-order valence-electron chi connectivity index (χ3n) is 3.09. The molecule has 0 radical (unpaired) electrons. The number of fused-ring (bicyclic) bond motifs is 1. The van der Waals surface area contributed by atoms with E-state index in [2.05, 4.69) is 0 Å². The molecule has 1 atom stereocenters. The molecule has 1 amide bonds. The number of piperidine rings is 1. The van der Waals surface area contributed by atoms with Crippen LogP contribution in [-0.2, 0) is 9.53 Å². The van der Waals surface area contributed by atoms with Gasteiger partial charge in [-0.25, -0.2) is 4.79 Å². The molecule has 0 aromatic carbocycles. The number of methoxy groups -OCH3 is 1. The summed E-state index contributed by atoms with van der Waals surface area (Å²) in [7, 11) is 1.38. The second-order valence-electron chi connectivity index (χ2n) is 3.94. The van der Waals surface area contributed by atoms with E-state index in [1.165, 1.54) is 7.11 Å². The quantitative estimate of drug-likeness (QED) is 0.607. The number of carbonyl (C=O) groups is 2. The standard InChI is InChI=1S/C11H15NO3/c1-15-11(14)12-7-6-10(13)8-4-2-3-5-9(8)12/h4,9H,2-3,5-7H2,1H3. The van der Waals surface area contributed by atoms with Gasteiger partial charge in [0.1, 0.15) is 0 Å². The van der Waals surface area contributed by atoms with Crippen LogP contribution in [-0.4, -0.2) is 36.5 Å². The number of ketones is 1. The van der Waals surface area contributed by atoms with Crippen molar-refractivity contribution in [3.63, 3.8) is 0 Å². The van der Waals surface area contributed by atoms with Crippen molar-refractivity contribution in [1.82, 2.24) is 4.90 Å². The molecule has 1 fully saturated rings. The molecule has 0 N–H and O–H groups in total. The summed E-state index contributed by atoms with van der Waals surface area (Å²) in [5.41, 5.74) is 0.818. The summed E-state index contributed by atoms with van der Waals surface area (Å²) >= 11 is 0. The number of ether oxygens (including phenoxy) is 1. The highest BCUT2D eigenvalue weighted by Crippen LogP contribution is 2.29. The Kier molecular flexibility index (Phi) is 2.75. The van der Waals surface area contributed by atoms with Crippen molar-refractivity contribution < 1.29 is 14.3 Å². The van der Waals surface area contributed by atoms with Gasteiger partial charge in [0.05, 0.1) is 13.2 Å². The van der Waals surface area contributed by atoms with Crippen LogP contribution < -0.4 is 0 Å². The minimum Gasteiger partial charge on any atom is -0.453 e. The summed E-state index contributed by atoms with van der Waals surface area (Å²) in [6.45, 7) is 0.494. The van der Waals surface area contributed by atoms with Crippen LogP contribution in [0, 0.1) is 0 Å². The lowest BCUT2D eigenvalue weighted by molar-refractivity contribution is -0.118. The highest BCUT2D eigenvalue weighted by molar-refractivity contribution is 5.98. The number of carbonyl (C=O) groups excluding carboxylic acids is 2. The molecule has 0 aromatic rings. The molecule has 1 aliphatic heterocycles. The lowest BCUT2D eigenvalue weighted by atomic mass is 9.86. The molecular weight excluding hydrogens is 194 g/mol. The van der Waals surface area contributed by atoms with Crippen LogP contribution in [0.25, 0.3) is 0 Å². The maximum atomic E-state index is 11.6. The summed E-state index contributed by atoms with van der Waals surface area (Å²) in [5.74, 6) is 0.194. The molecule has 0 spiro atoms. The highest BCUT2D eigenvalue weighted by atomic mass is 16.5. The van der Waals surface area contributed by atoms with E-state index in [4.69, 9.17) is 4.74 Å². The summed E-state index contributed by atoms with van der Waals surface area (Å²) in [5, 5.41) is 0. The Hall–Kier alpha value is -1.32. The summed E-state index contributed by atoms with van der Waals surface area (Å²) in [4.78, 5) is 24.8. The average molecular weight is 209 g/mol. The predicted octanol–water partition coefficient (Wildman–Crippen LogP) is 1.51. The lowest BCUT2D eigenvalue weighted by Gasteiger charge is -2.37. The van der Waals surface area contributed by atoms with E-state index < -0.39 is 0 Å². The average Bonchev–Trinajstić information content (AvgIpc) is 2.29. The van der Waals surface area contributed by atoms with Crippen LogP contribution in [0.2, 0.25) is 0 Å². The van der Waals surface area contributed by atoms with Gasteiger partial charge in [-0.15, -0.1) is 0 Å². The second kappa shape index (κ2) is 4.04. The van der Waals surface area contributed by atoms with E-state index in [0.717, 1.165) is 24.8 Å². The Morgan fingerprint density at radius 3 is 3.13 bits per heavy atom. The third-order valence-corrected chi connectivity index (χ3v) is 3.09. The Morgan fingerprint density at radius 1 is 1.60 bits per heavy atom. The van der Waals surface area contributed by atoms with Crippen molar-refractivity contribution in [2.24, 2.45) is 0 Å². The van der Waals surface area contributed by atoms with Gasteiger partial charge in [-0.05, 0) is 19.3 Å². The van der Waals surface area contributed by atoms with Gasteiger partial charge in [0.15, 0.2) is 5.78 Å². The maximum Gasteiger partial charge on any atom is 0.410 e. The molecular formula is C11H15NO3. The Labute approximate surface area is 88.9 Å². The number of allylic oxidation sites excluding steroid dienone is 1. The van der Waals surface area contributed by atoms with Crippen molar-refractivity contribution in [3.05, 3.63) is 11.6 Å². The number of rotatable bonds is 0. The zero-order chi connectivity index (χ0) is 10.8. The molecule has 0 bridgehead atoms. The number of hydrogen-bond donors (Lipinski definition) is 0. The van der Waals surface area contributed by atoms with E-state index in [1.54, 1.807) is 4.90 Å². The van der Waals surface area contributed by atoms with Crippen molar-refractivity contribution in [3.8, 4) is 0 Å². The van der Waals surface area contributed by atoms with Crippen LogP contribution in [0.5, 0.6) is 0 Å². The smallest absolute Gasteiger partial charge is 0.410 e. The molecule has 1 saturated heterocycles. The third kappa shape index (κ3) is 1.76. The van der Waals surface area contributed by atoms with Crippen LogP contribution in [0.3, 0.4) is 0 Å². The number of amides is 1. The molecule has 82 valence electrons. The molecule has 15 heavy (non-hydrogen) atoms. The van der Waals surface area contributed by atoms with Gasteiger partial charge in [0, 0.05) is 18.5 Å². The fourth-order valence-electron chi connectivity index (χ4n) is 2.34. The van der Waals surface area contributed by atoms with Crippen molar-refractivity contribution in [2.75, 3.05) is 13.7 Å². The van der Waals surface area contributed by atoms with Crippen molar-refractivity contribution in [1.29, 1.82) is 0 Å². The van der Waals surface area contributed by atoms with Gasteiger partial charge in [-0.2, -0.15) is 0 Å². The number of hydrogen-bond acceptors (Lipinski definition) is 3. The minimum atomic E-state index is -0.319. The summed E-state index contributed by atoms with van der Waals surface area (Å²) in [6.07, 6.45) is 4.96. The molecule has 1 heterocycles. The van der Waals surface area contributed by atoms with Gasteiger partial charge in [-0.3, -0.25) is 4.79 Å². The maximum absolute atomic E-state index is 11.6. The number of Topliss-reactive ketones (excluding diaryl/α,β-unsaturated/α-hetero) is 1. The number of nitrogens with zero attached hydrogens (tertiary/aromatic N) is 1. The second-order valence-corrected chi connectivity index (χ2v) is 3.94. The van der Waals surface area contributed by atoms with E-state index in [1.807, 2.05) is 6.08 Å². The molecule has 2 aliphatic rings. The normalized spacial score (nSPS) is 25.7. The minimum absolute atomic E-state index is 0.0348. The fourth-order valence-corrected chi connectivity index (χ4v) is 2.34. The van der Waals surface area contributed by atoms with Gasteiger partial charge in [0.2, 0.25) is 0 Å². The zero-order valence-corrected chi connectivity index (χ0v) is 8.86. The molecule has 1 aliphatic carbocycles. The molecule has 0 aromatic heterocycles. The lowest BCUT2D eigenvalue weighted by Crippen LogP contribution is -2.48.